The van der Waals surface area contributed by atoms with Gasteiger partial charge in [0.15, 0.2) is 0 Å². The van der Waals surface area contributed by atoms with Crippen molar-refractivity contribution in [2.75, 3.05) is 6.54 Å². The van der Waals surface area contributed by atoms with Gasteiger partial charge in [-0.3, -0.25) is 14.2 Å². The molecule has 6 heteroatoms. The number of carbonyl (C=O) groups excluding carboxylic acids is 1. The fraction of sp³-hybridized carbons (Fsp3) is 0.318. The van der Waals surface area contributed by atoms with Gasteiger partial charge in [0.25, 0.3) is 5.56 Å². The molecule has 0 atom stereocenters. The molecule has 0 aliphatic heterocycles. The van der Waals surface area contributed by atoms with Gasteiger partial charge in [0.1, 0.15) is 12.4 Å². The van der Waals surface area contributed by atoms with E-state index in [1.165, 1.54) is 22.9 Å². The molecule has 0 unspecified atom stereocenters. The molecule has 1 heterocycles. The van der Waals surface area contributed by atoms with Crippen LogP contribution in [0.1, 0.15) is 31.7 Å². The van der Waals surface area contributed by atoms with E-state index in [1.807, 2.05) is 18.2 Å². The molecule has 28 heavy (non-hydrogen) atoms. The molecular formula is C22H24FN3O2. The minimum Gasteiger partial charge on any atom is -0.337 e. The Bertz CT molecular complexity index is 999. The van der Waals surface area contributed by atoms with E-state index in [0.29, 0.717) is 24.1 Å². The lowest BCUT2D eigenvalue weighted by molar-refractivity contribution is -0.132. The number of nitrogens with zero attached hydrogens (tertiary/aromatic N) is 3. The number of unbranched alkanes of at least 4 members (excludes halogenated alkanes) is 2. The zero-order chi connectivity index (χ0) is 19.9. The molecule has 5 nitrogen and oxygen atoms in total. The Morgan fingerprint density at radius 1 is 1.11 bits per heavy atom. The number of halogens is 1. The molecule has 3 aromatic rings. The third-order valence-corrected chi connectivity index (χ3v) is 4.72. The van der Waals surface area contributed by atoms with E-state index >= 15 is 0 Å². The van der Waals surface area contributed by atoms with Crippen LogP contribution in [0.25, 0.3) is 11.0 Å². The van der Waals surface area contributed by atoms with Crippen LogP contribution in [0.3, 0.4) is 0 Å². The van der Waals surface area contributed by atoms with Gasteiger partial charge in [-0.2, -0.15) is 0 Å². The quantitative estimate of drug-likeness (QED) is 0.559. The third kappa shape index (κ3) is 4.82. The molecule has 1 amide bonds. The maximum absolute atomic E-state index is 13.2. The molecule has 0 saturated heterocycles. The van der Waals surface area contributed by atoms with E-state index < -0.39 is 0 Å². The van der Waals surface area contributed by atoms with Gasteiger partial charge in [-0.25, -0.2) is 9.37 Å². The molecule has 0 spiro atoms. The minimum atomic E-state index is -0.303. The second-order valence-corrected chi connectivity index (χ2v) is 6.82. The molecule has 0 aliphatic carbocycles. The van der Waals surface area contributed by atoms with Crippen molar-refractivity contribution in [3.8, 4) is 0 Å². The molecule has 0 radical (unpaired) electrons. The summed E-state index contributed by atoms with van der Waals surface area (Å²) in [5.74, 6) is -0.443. The van der Waals surface area contributed by atoms with Crippen molar-refractivity contribution < 1.29 is 9.18 Å². The lowest BCUT2D eigenvalue weighted by Gasteiger charge is -2.24. The van der Waals surface area contributed by atoms with Gasteiger partial charge in [-0.15, -0.1) is 0 Å². The number of carbonyl (C=O) groups is 1. The highest BCUT2D eigenvalue weighted by atomic mass is 19.1. The number of fused-ring (bicyclic) bond motifs is 1. The molecule has 1 aromatic heterocycles. The third-order valence-electron chi connectivity index (χ3n) is 4.72. The van der Waals surface area contributed by atoms with Crippen LogP contribution < -0.4 is 5.56 Å². The number of amides is 1. The molecule has 0 aliphatic rings. The van der Waals surface area contributed by atoms with Crippen molar-refractivity contribution in [3.05, 3.63) is 76.5 Å². The largest absolute Gasteiger partial charge is 0.337 e. The fourth-order valence-electron chi connectivity index (χ4n) is 3.17. The molecule has 146 valence electrons. The SMILES string of the molecule is CCCCCN(Cc1ccc(F)cc1)C(=O)Cn1c(=O)cnc2ccccc21. The zero-order valence-corrected chi connectivity index (χ0v) is 16.0. The Kier molecular flexibility index (Phi) is 6.53. The van der Waals surface area contributed by atoms with Crippen LogP contribution in [-0.2, 0) is 17.9 Å². The Labute approximate surface area is 163 Å². The highest BCUT2D eigenvalue weighted by molar-refractivity contribution is 5.80. The summed E-state index contributed by atoms with van der Waals surface area (Å²) in [5.41, 5.74) is 1.87. The van der Waals surface area contributed by atoms with Gasteiger partial charge in [0.2, 0.25) is 5.91 Å². The molecule has 3 rings (SSSR count). The van der Waals surface area contributed by atoms with Gasteiger partial charge >= 0.3 is 0 Å². The smallest absolute Gasteiger partial charge is 0.269 e. The first kappa shape index (κ1) is 19.7. The predicted octanol–water partition coefficient (Wildman–Crippen LogP) is 3.75. The van der Waals surface area contributed by atoms with E-state index in [9.17, 15) is 14.0 Å². The number of aromatic nitrogens is 2. The predicted molar refractivity (Wildman–Crippen MR) is 107 cm³/mol. The second-order valence-electron chi connectivity index (χ2n) is 6.82. The van der Waals surface area contributed by atoms with E-state index in [1.54, 1.807) is 23.1 Å². The van der Waals surface area contributed by atoms with Gasteiger partial charge in [0.05, 0.1) is 17.2 Å². The normalized spacial score (nSPS) is 10.9. The summed E-state index contributed by atoms with van der Waals surface area (Å²) in [4.78, 5) is 31.3. The summed E-state index contributed by atoms with van der Waals surface area (Å²) in [6.45, 7) is 3.05. The van der Waals surface area contributed by atoms with Crippen LogP contribution in [-0.4, -0.2) is 26.9 Å². The summed E-state index contributed by atoms with van der Waals surface area (Å²) in [6, 6.07) is 13.4. The summed E-state index contributed by atoms with van der Waals surface area (Å²) < 4.78 is 14.6. The van der Waals surface area contributed by atoms with Crippen LogP contribution in [0.15, 0.2) is 59.5 Å². The Hall–Kier alpha value is -3.02. The van der Waals surface area contributed by atoms with E-state index in [2.05, 4.69) is 11.9 Å². The molecule has 0 saturated carbocycles. The maximum atomic E-state index is 13.2. The Morgan fingerprint density at radius 3 is 2.61 bits per heavy atom. The number of hydrogen-bond acceptors (Lipinski definition) is 3. The van der Waals surface area contributed by atoms with E-state index in [4.69, 9.17) is 0 Å². The monoisotopic (exact) mass is 381 g/mol. The maximum Gasteiger partial charge on any atom is 0.269 e. The van der Waals surface area contributed by atoms with Crippen molar-refractivity contribution >= 4 is 16.9 Å². The Morgan fingerprint density at radius 2 is 1.86 bits per heavy atom. The molecule has 0 N–H and O–H groups in total. The molecule has 2 aromatic carbocycles. The minimum absolute atomic E-state index is 0.0464. The first-order valence-electron chi connectivity index (χ1n) is 9.55. The number of benzene rings is 2. The molecule has 0 fully saturated rings. The topological polar surface area (TPSA) is 55.2 Å². The van der Waals surface area contributed by atoms with Crippen molar-refractivity contribution in [3.63, 3.8) is 0 Å². The first-order valence-corrected chi connectivity index (χ1v) is 9.55. The standard InChI is InChI=1S/C22H24FN3O2/c1-2-3-6-13-25(15-17-9-11-18(23)12-10-17)22(28)16-26-20-8-5-4-7-19(20)24-14-21(26)27/h4-5,7-12,14H,2-3,6,13,15-16H2,1H3. The van der Waals surface area contributed by atoms with Gasteiger partial charge in [0, 0.05) is 13.1 Å². The van der Waals surface area contributed by atoms with E-state index in [-0.39, 0.29) is 23.8 Å². The van der Waals surface area contributed by atoms with Crippen LogP contribution in [0.2, 0.25) is 0 Å². The number of para-hydroxylation sites is 2. The second kappa shape index (κ2) is 9.26. The van der Waals surface area contributed by atoms with Crippen LogP contribution in [0, 0.1) is 5.82 Å². The Balaban J connectivity index is 1.83. The lowest BCUT2D eigenvalue weighted by Crippen LogP contribution is -2.37. The summed E-state index contributed by atoms with van der Waals surface area (Å²) in [6.07, 6.45) is 4.20. The highest BCUT2D eigenvalue weighted by Gasteiger charge is 2.16. The van der Waals surface area contributed by atoms with Crippen molar-refractivity contribution in [2.24, 2.45) is 0 Å². The van der Waals surface area contributed by atoms with Crippen molar-refractivity contribution in [1.82, 2.24) is 14.5 Å². The summed E-state index contributed by atoms with van der Waals surface area (Å²) >= 11 is 0. The van der Waals surface area contributed by atoms with Gasteiger partial charge < -0.3 is 4.90 Å². The van der Waals surface area contributed by atoms with Gasteiger partial charge in [-0.1, -0.05) is 44.0 Å². The highest BCUT2D eigenvalue weighted by Crippen LogP contribution is 2.12. The molecule has 0 bridgehead atoms. The van der Waals surface area contributed by atoms with Gasteiger partial charge in [-0.05, 0) is 36.2 Å². The first-order chi connectivity index (χ1) is 13.6. The summed E-state index contributed by atoms with van der Waals surface area (Å²) in [5, 5.41) is 0. The van der Waals surface area contributed by atoms with Crippen LogP contribution >= 0.6 is 0 Å². The summed E-state index contributed by atoms with van der Waals surface area (Å²) in [7, 11) is 0. The number of hydrogen-bond donors (Lipinski definition) is 0. The van der Waals surface area contributed by atoms with Crippen LogP contribution in [0.4, 0.5) is 4.39 Å². The zero-order valence-electron chi connectivity index (χ0n) is 16.0. The van der Waals surface area contributed by atoms with Crippen molar-refractivity contribution in [2.45, 2.75) is 39.3 Å². The average molecular weight is 381 g/mol. The lowest BCUT2D eigenvalue weighted by atomic mass is 10.2. The fourth-order valence-corrected chi connectivity index (χ4v) is 3.17. The molecular weight excluding hydrogens is 357 g/mol. The average Bonchev–Trinajstić information content (AvgIpc) is 2.71. The van der Waals surface area contributed by atoms with Crippen LogP contribution in [0.5, 0.6) is 0 Å². The van der Waals surface area contributed by atoms with Crippen molar-refractivity contribution in [1.29, 1.82) is 0 Å². The number of rotatable bonds is 8. The van der Waals surface area contributed by atoms with E-state index in [0.717, 1.165) is 24.8 Å².